The summed E-state index contributed by atoms with van der Waals surface area (Å²) in [4.78, 5) is 0. The van der Waals surface area contributed by atoms with Gasteiger partial charge in [0, 0.05) is 0 Å². The number of hydrogen-bond acceptors (Lipinski definition) is 1. The standard InChI is InChI=1S/C13H12OSe/c1-10-9-12(7-8-13(10)14)15-11-5-3-2-4-6-11/h2-9,14H,1H3. The summed E-state index contributed by atoms with van der Waals surface area (Å²) in [7, 11) is 0. The quantitative estimate of drug-likeness (QED) is 0.811. The minimum absolute atomic E-state index is 0.333. The molecule has 0 saturated heterocycles. The monoisotopic (exact) mass is 264 g/mol. The van der Waals surface area contributed by atoms with E-state index in [1.54, 1.807) is 6.07 Å². The van der Waals surface area contributed by atoms with Gasteiger partial charge in [-0.05, 0) is 0 Å². The zero-order valence-electron chi connectivity index (χ0n) is 8.47. The van der Waals surface area contributed by atoms with Crippen LogP contribution in [-0.4, -0.2) is 20.1 Å². The topological polar surface area (TPSA) is 20.2 Å². The van der Waals surface area contributed by atoms with Crippen molar-refractivity contribution in [2.24, 2.45) is 0 Å². The number of rotatable bonds is 2. The second kappa shape index (κ2) is 4.52. The molecule has 0 atom stereocenters. The van der Waals surface area contributed by atoms with Gasteiger partial charge in [-0.1, -0.05) is 0 Å². The van der Waals surface area contributed by atoms with Crippen molar-refractivity contribution in [3.63, 3.8) is 0 Å². The van der Waals surface area contributed by atoms with Crippen LogP contribution in [-0.2, 0) is 0 Å². The minimum atomic E-state index is 0.333. The van der Waals surface area contributed by atoms with Gasteiger partial charge >= 0.3 is 95.8 Å². The third-order valence-corrected chi connectivity index (χ3v) is 4.24. The third-order valence-electron chi connectivity index (χ3n) is 2.15. The van der Waals surface area contributed by atoms with Gasteiger partial charge in [0.2, 0.25) is 0 Å². The van der Waals surface area contributed by atoms with Crippen LogP contribution in [0.2, 0.25) is 0 Å². The van der Waals surface area contributed by atoms with Gasteiger partial charge in [0.05, 0.1) is 0 Å². The van der Waals surface area contributed by atoms with Crippen LogP contribution in [0.15, 0.2) is 48.5 Å². The number of aryl methyl sites for hydroxylation is 1. The third kappa shape index (κ3) is 2.62. The van der Waals surface area contributed by atoms with Crippen molar-refractivity contribution in [3.8, 4) is 5.75 Å². The fourth-order valence-electron chi connectivity index (χ4n) is 1.32. The van der Waals surface area contributed by atoms with Gasteiger partial charge in [-0.3, -0.25) is 0 Å². The molecule has 15 heavy (non-hydrogen) atoms. The van der Waals surface area contributed by atoms with Crippen LogP contribution < -0.4 is 8.92 Å². The molecule has 0 aliphatic rings. The van der Waals surface area contributed by atoms with Crippen LogP contribution in [0.5, 0.6) is 5.75 Å². The van der Waals surface area contributed by atoms with E-state index in [1.807, 2.05) is 19.1 Å². The average Bonchev–Trinajstić information content (AvgIpc) is 2.25. The van der Waals surface area contributed by atoms with E-state index in [2.05, 4.69) is 30.3 Å². The summed E-state index contributed by atoms with van der Waals surface area (Å²) < 4.78 is 2.65. The molecule has 2 aromatic carbocycles. The van der Waals surface area contributed by atoms with Crippen molar-refractivity contribution in [3.05, 3.63) is 54.1 Å². The molecule has 0 saturated carbocycles. The van der Waals surface area contributed by atoms with Crippen molar-refractivity contribution in [1.29, 1.82) is 0 Å². The van der Waals surface area contributed by atoms with E-state index in [4.69, 9.17) is 0 Å². The summed E-state index contributed by atoms with van der Waals surface area (Å²) in [5.41, 5.74) is 0.949. The second-order valence-electron chi connectivity index (χ2n) is 3.36. The first-order chi connectivity index (χ1) is 7.25. The van der Waals surface area contributed by atoms with Crippen molar-refractivity contribution < 1.29 is 5.11 Å². The van der Waals surface area contributed by atoms with Crippen molar-refractivity contribution >= 4 is 23.9 Å². The molecular formula is C13H12OSe. The Balaban J connectivity index is 2.22. The van der Waals surface area contributed by atoms with Gasteiger partial charge in [0.15, 0.2) is 0 Å². The van der Waals surface area contributed by atoms with E-state index < -0.39 is 0 Å². The fraction of sp³-hybridized carbons (Fsp3) is 0.0769. The summed E-state index contributed by atoms with van der Waals surface area (Å²) in [6.07, 6.45) is 0. The van der Waals surface area contributed by atoms with Crippen LogP contribution in [0, 0.1) is 6.92 Å². The zero-order chi connectivity index (χ0) is 10.7. The Morgan fingerprint density at radius 2 is 1.67 bits per heavy atom. The van der Waals surface area contributed by atoms with Crippen LogP contribution in [0.1, 0.15) is 5.56 Å². The second-order valence-corrected chi connectivity index (χ2v) is 5.77. The molecule has 2 heteroatoms. The molecule has 0 unspecified atom stereocenters. The van der Waals surface area contributed by atoms with Crippen LogP contribution in [0.4, 0.5) is 0 Å². The molecule has 0 heterocycles. The maximum absolute atomic E-state index is 9.42. The van der Waals surface area contributed by atoms with Gasteiger partial charge in [0.25, 0.3) is 0 Å². The molecule has 0 aliphatic heterocycles. The summed E-state index contributed by atoms with van der Waals surface area (Å²) in [6.45, 7) is 1.93. The zero-order valence-corrected chi connectivity index (χ0v) is 10.2. The van der Waals surface area contributed by atoms with Crippen molar-refractivity contribution in [1.82, 2.24) is 0 Å². The molecule has 0 aromatic heterocycles. The van der Waals surface area contributed by atoms with E-state index in [9.17, 15) is 5.11 Å². The Morgan fingerprint density at radius 1 is 0.933 bits per heavy atom. The van der Waals surface area contributed by atoms with Crippen LogP contribution in [0.3, 0.4) is 0 Å². The molecule has 1 nitrogen and oxygen atoms in total. The Kier molecular flexibility index (Phi) is 3.10. The maximum atomic E-state index is 9.42. The first kappa shape index (κ1) is 10.3. The van der Waals surface area contributed by atoms with Gasteiger partial charge < -0.3 is 0 Å². The molecule has 2 rings (SSSR count). The molecule has 1 N–H and O–H groups in total. The number of hydrogen-bond donors (Lipinski definition) is 1. The molecule has 0 amide bonds. The predicted octanol–water partition coefficient (Wildman–Crippen LogP) is 1.36. The van der Waals surface area contributed by atoms with Crippen LogP contribution in [0.25, 0.3) is 0 Å². The van der Waals surface area contributed by atoms with E-state index in [0.717, 1.165) is 5.56 Å². The van der Waals surface area contributed by atoms with Gasteiger partial charge in [-0.2, -0.15) is 0 Å². The predicted molar refractivity (Wildman–Crippen MR) is 64.3 cm³/mol. The van der Waals surface area contributed by atoms with Crippen molar-refractivity contribution in [2.75, 3.05) is 0 Å². The average molecular weight is 263 g/mol. The first-order valence-corrected chi connectivity index (χ1v) is 6.49. The first-order valence-electron chi connectivity index (χ1n) is 4.78. The molecule has 0 spiro atoms. The number of aromatic hydroxyl groups is 1. The Morgan fingerprint density at radius 3 is 2.33 bits per heavy atom. The Hall–Kier alpha value is -1.24. The summed E-state index contributed by atoms with van der Waals surface area (Å²) in [5.74, 6) is 0.377. The van der Waals surface area contributed by atoms with Crippen molar-refractivity contribution in [2.45, 2.75) is 6.92 Å². The molecule has 0 aliphatic carbocycles. The van der Waals surface area contributed by atoms with Crippen LogP contribution >= 0.6 is 0 Å². The molecule has 0 radical (unpaired) electrons. The van der Waals surface area contributed by atoms with Gasteiger partial charge in [-0.15, -0.1) is 0 Å². The molecule has 0 bridgehead atoms. The summed E-state index contributed by atoms with van der Waals surface area (Å²) in [5, 5.41) is 9.42. The number of benzene rings is 2. The Bertz CT molecular complexity index is 451. The van der Waals surface area contributed by atoms with E-state index >= 15 is 0 Å². The molecule has 76 valence electrons. The van der Waals surface area contributed by atoms with E-state index in [1.165, 1.54) is 8.92 Å². The fourth-order valence-corrected chi connectivity index (χ4v) is 3.28. The van der Waals surface area contributed by atoms with E-state index in [0.29, 0.717) is 20.7 Å². The Labute approximate surface area is 95.9 Å². The molecular weight excluding hydrogens is 251 g/mol. The number of phenols is 1. The van der Waals surface area contributed by atoms with E-state index in [-0.39, 0.29) is 0 Å². The van der Waals surface area contributed by atoms with Gasteiger partial charge in [-0.25, -0.2) is 0 Å². The van der Waals surface area contributed by atoms with Gasteiger partial charge in [0.1, 0.15) is 0 Å². The summed E-state index contributed by atoms with van der Waals surface area (Å²) >= 11 is 0.333. The molecule has 2 aromatic rings. The normalized spacial score (nSPS) is 10.2. The SMILES string of the molecule is Cc1cc([Se]c2ccccc2)ccc1O. The molecule has 0 fully saturated rings. The summed E-state index contributed by atoms with van der Waals surface area (Å²) in [6, 6.07) is 16.3. The number of phenolic OH excluding ortho intramolecular Hbond substituents is 1.